The van der Waals surface area contributed by atoms with E-state index in [4.69, 9.17) is 8.92 Å². The lowest BCUT2D eigenvalue weighted by molar-refractivity contribution is -0.144. The summed E-state index contributed by atoms with van der Waals surface area (Å²) in [5, 5.41) is 9.74. The predicted molar refractivity (Wildman–Crippen MR) is 170 cm³/mol. The molecule has 0 spiro atoms. The molecule has 15 heteroatoms. The normalized spacial score (nSPS) is 22.4. The second-order valence-corrected chi connectivity index (χ2v) is 14.8. The van der Waals surface area contributed by atoms with Gasteiger partial charge in [0.25, 0.3) is 5.91 Å². The van der Waals surface area contributed by atoms with Gasteiger partial charge >= 0.3 is 18.3 Å². The van der Waals surface area contributed by atoms with Crippen LogP contribution >= 0.6 is 0 Å². The molecule has 0 saturated carbocycles. The number of allylic oxidation sites excluding steroid dienone is 1. The second kappa shape index (κ2) is 14.1. The van der Waals surface area contributed by atoms with Gasteiger partial charge < -0.3 is 14.7 Å². The molecule has 1 aliphatic carbocycles. The Morgan fingerprint density at radius 3 is 2.18 bits per heavy atom. The summed E-state index contributed by atoms with van der Waals surface area (Å²) < 4.78 is 108. The van der Waals surface area contributed by atoms with Crippen LogP contribution in [0, 0.1) is 11.3 Å². The van der Waals surface area contributed by atoms with Crippen molar-refractivity contribution in [1.29, 1.82) is 0 Å². The van der Waals surface area contributed by atoms with Gasteiger partial charge in [0.1, 0.15) is 17.9 Å². The van der Waals surface area contributed by atoms with Crippen LogP contribution in [0.3, 0.4) is 0 Å². The number of halogens is 6. The Hall–Kier alpha value is -3.43. The molecule has 4 rings (SSSR count). The number of hydrogen-bond donors (Lipinski definition) is 1. The number of carboxylic acids is 1. The van der Waals surface area contributed by atoms with E-state index in [2.05, 4.69) is 0 Å². The van der Waals surface area contributed by atoms with E-state index in [0.29, 0.717) is 36.3 Å². The third-order valence-corrected chi connectivity index (χ3v) is 10.3. The molecule has 2 aliphatic rings. The Morgan fingerprint density at radius 1 is 1.08 bits per heavy atom. The van der Waals surface area contributed by atoms with Crippen LogP contribution in [-0.2, 0) is 32.6 Å². The van der Waals surface area contributed by atoms with Crippen molar-refractivity contribution in [2.45, 2.75) is 84.4 Å². The van der Waals surface area contributed by atoms with Crippen molar-refractivity contribution < 1.29 is 54.2 Å². The summed E-state index contributed by atoms with van der Waals surface area (Å²) >= 11 is -2.23. The van der Waals surface area contributed by atoms with E-state index in [1.54, 1.807) is 26.0 Å². The first-order chi connectivity index (χ1) is 22.6. The number of ether oxygens (including phenoxy) is 1. The van der Waals surface area contributed by atoms with Gasteiger partial charge in [-0.3, -0.25) is 8.98 Å². The molecule has 1 N–H and O–H groups in total. The van der Waals surface area contributed by atoms with Crippen LogP contribution in [0.5, 0.6) is 5.75 Å². The molecule has 1 aliphatic heterocycles. The SMILES string of the molecule is COc1ccc(C(=O)N(C)[C@@H](C(=O)O)C(C)C)cc1C1=C(CN2[C@@H](C)[C@@H](c3cc(C(F)(F)F)cc(C(F)(F)F)c3)OS2=O)CC(C)(C)CC1. The molecule has 0 aromatic heterocycles. The van der Waals surface area contributed by atoms with Crippen molar-refractivity contribution in [3.63, 3.8) is 0 Å². The summed E-state index contributed by atoms with van der Waals surface area (Å²) in [5.41, 5.74) is -1.28. The Labute approximate surface area is 283 Å². The first-order valence-electron chi connectivity index (χ1n) is 15.6. The average Bonchev–Trinajstić information content (AvgIpc) is 3.27. The van der Waals surface area contributed by atoms with Crippen molar-refractivity contribution in [3.8, 4) is 5.75 Å². The zero-order valence-corrected chi connectivity index (χ0v) is 29.0. The topological polar surface area (TPSA) is 96.4 Å². The molecule has 0 bridgehead atoms. The van der Waals surface area contributed by atoms with E-state index in [-0.39, 0.29) is 29.5 Å². The Morgan fingerprint density at radius 2 is 1.67 bits per heavy atom. The van der Waals surface area contributed by atoms with E-state index >= 15 is 0 Å². The van der Waals surface area contributed by atoms with Gasteiger partial charge in [0, 0.05) is 24.7 Å². The lowest BCUT2D eigenvalue weighted by Gasteiger charge is -2.35. The van der Waals surface area contributed by atoms with E-state index in [1.807, 2.05) is 13.8 Å². The zero-order chi connectivity index (χ0) is 36.8. The van der Waals surface area contributed by atoms with Gasteiger partial charge in [-0.1, -0.05) is 33.3 Å². The molecule has 49 heavy (non-hydrogen) atoms. The largest absolute Gasteiger partial charge is 0.496 e. The Bertz CT molecular complexity index is 1620. The molecule has 1 fully saturated rings. The highest BCUT2D eigenvalue weighted by atomic mass is 32.2. The molecule has 1 unspecified atom stereocenters. The first-order valence-corrected chi connectivity index (χ1v) is 16.6. The number of alkyl halides is 6. The summed E-state index contributed by atoms with van der Waals surface area (Å²) in [4.78, 5) is 26.6. The summed E-state index contributed by atoms with van der Waals surface area (Å²) in [5.74, 6) is -1.61. The maximum atomic E-state index is 13.6. The minimum Gasteiger partial charge on any atom is -0.496 e. The summed E-state index contributed by atoms with van der Waals surface area (Å²) in [6.07, 6.45) is -9.75. The molecule has 2 aromatic carbocycles. The minimum absolute atomic E-state index is 0.00377. The van der Waals surface area contributed by atoms with Crippen molar-refractivity contribution in [3.05, 3.63) is 69.8 Å². The maximum Gasteiger partial charge on any atom is 0.416 e. The maximum absolute atomic E-state index is 13.6. The number of likely N-dealkylation sites (N-methyl/N-ethyl adjacent to an activating group) is 1. The van der Waals surface area contributed by atoms with Crippen LogP contribution in [0.4, 0.5) is 26.3 Å². The molecule has 1 amide bonds. The number of carboxylic acid groups (broad SMARTS) is 1. The monoisotopic (exact) mass is 718 g/mol. The second-order valence-electron chi connectivity index (χ2n) is 13.7. The van der Waals surface area contributed by atoms with Crippen molar-refractivity contribution in [2.75, 3.05) is 20.7 Å². The van der Waals surface area contributed by atoms with E-state index in [1.165, 1.54) is 36.4 Å². The highest BCUT2D eigenvalue weighted by molar-refractivity contribution is 7.78. The van der Waals surface area contributed by atoms with Gasteiger partial charge in [0.2, 0.25) is 11.3 Å². The van der Waals surface area contributed by atoms with Crippen LogP contribution in [0.1, 0.15) is 92.6 Å². The number of methoxy groups -OCH3 is 1. The lowest BCUT2D eigenvalue weighted by Crippen LogP contribution is -2.45. The zero-order valence-electron chi connectivity index (χ0n) is 28.2. The number of aliphatic carboxylic acids is 1. The van der Waals surface area contributed by atoms with Crippen LogP contribution in [0.15, 0.2) is 42.0 Å². The van der Waals surface area contributed by atoms with Crippen molar-refractivity contribution >= 4 is 28.7 Å². The molecule has 4 atom stereocenters. The quantitative estimate of drug-likeness (QED) is 0.265. The highest BCUT2D eigenvalue weighted by Gasteiger charge is 2.44. The number of hydrogen-bond acceptors (Lipinski definition) is 5. The van der Waals surface area contributed by atoms with Crippen molar-refractivity contribution in [1.82, 2.24) is 9.21 Å². The summed E-state index contributed by atoms with van der Waals surface area (Å²) in [6, 6.07) is 4.00. The fraction of sp³-hybridized carbons (Fsp3) is 0.529. The van der Waals surface area contributed by atoms with Gasteiger partial charge in [-0.2, -0.15) is 30.6 Å². The number of rotatable bonds is 9. The predicted octanol–water partition coefficient (Wildman–Crippen LogP) is 7.92. The van der Waals surface area contributed by atoms with Gasteiger partial charge in [-0.05, 0) is 85.1 Å². The van der Waals surface area contributed by atoms with Gasteiger partial charge in [-0.15, -0.1) is 0 Å². The number of nitrogens with zero attached hydrogens (tertiary/aromatic N) is 2. The standard InChI is InChI=1S/C34H40F6N2O6S/c1-18(2)28(31(44)45)41(6)30(43)20-8-9-27(47-7)26(14-20)25-10-11-32(4,5)16-22(25)17-42-19(3)29(48-49(42)46)21-12-23(33(35,36)37)15-24(13-21)34(38,39)40/h8-9,12-15,18-19,28-29H,10-11,16-17H2,1-7H3,(H,44,45)/t19-,28+,29-,49?/m0/s1. The van der Waals surface area contributed by atoms with E-state index < -0.39 is 70.4 Å². The van der Waals surface area contributed by atoms with Crippen LogP contribution in [0.2, 0.25) is 0 Å². The lowest BCUT2D eigenvalue weighted by atomic mass is 9.72. The summed E-state index contributed by atoms with van der Waals surface area (Å²) in [7, 11) is 2.88. The molecule has 0 radical (unpaired) electrons. The van der Waals surface area contributed by atoms with Crippen LogP contribution in [0.25, 0.3) is 5.57 Å². The first kappa shape index (κ1) is 38.4. The molecule has 8 nitrogen and oxygen atoms in total. The smallest absolute Gasteiger partial charge is 0.416 e. The minimum atomic E-state index is -5.06. The van der Waals surface area contributed by atoms with Crippen LogP contribution in [-0.4, -0.2) is 63.2 Å². The molecule has 270 valence electrons. The van der Waals surface area contributed by atoms with E-state index in [0.717, 1.165) is 17.6 Å². The third kappa shape index (κ3) is 8.31. The number of amides is 1. The molecule has 1 saturated heterocycles. The third-order valence-electron chi connectivity index (χ3n) is 9.12. The number of benzene rings is 2. The molecular formula is C34H40F6N2O6S. The van der Waals surface area contributed by atoms with Crippen LogP contribution < -0.4 is 4.74 Å². The van der Waals surface area contributed by atoms with Gasteiger partial charge in [0.15, 0.2) is 0 Å². The average molecular weight is 719 g/mol. The van der Waals surface area contributed by atoms with Crippen molar-refractivity contribution in [2.24, 2.45) is 11.3 Å². The number of carbonyl (C=O) groups is 2. The molecule has 1 heterocycles. The van der Waals surface area contributed by atoms with E-state index in [9.17, 15) is 45.2 Å². The fourth-order valence-corrected chi connectivity index (χ4v) is 7.77. The molecule has 2 aromatic rings. The number of carbonyl (C=O) groups excluding carboxylic acids is 1. The highest BCUT2D eigenvalue weighted by Crippen LogP contribution is 2.47. The molecular weight excluding hydrogens is 678 g/mol. The summed E-state index contributed by atoms with van der Waals surface area (Å²) in [6.45, 7) is 9.01. The van der Waals surface area contributed by atoms with Gasteiger partial charge in [0.05, 0.1) is 24.3 Å². The van der Waals surface area contributed by atoms with Gasteiger partial charge in [-0.25, -0.2) is 9.00 Å². The Kier molecular flexibility index (Phi) is 11.0. The Balaban J connectivity index is 1.76. The fourth-order valence-electron chi connectivity index (χ4n) is 6.57.